The van der Waals surface area contributed by atoms with Crippen LogP contribution in [0, 0.1) is 5.92 Å². The highest BCUT2D eigenvalue weighted by molar-refractivity contribution is 5.96. The lowest BCUT2D eigenvalue weighted by Crippen LogP contribution is -2.45. The fraction of sp³-hybridized carbons (Fsp3) is 0.579. The molecule has 140 valence electrons. The Bertz CT molecular complexity index is 708. The van der Waals surface area contributed by atoms with Crippen LogP contribution in [0.25, 0.3) is 0 Å². The standard InChI is InChI=1S/C19H25N3O4/c1-14-3-2-6-20(12-14)18(23)13-21-7-8-22(19(21)24)15-4-5-16-17(11-15)26-10-9-25-16/h4-5,11,14H,2-3,6-10,12-13H2,1H3. The third-order valence-electron chi connectivity index (χ3n) is 5.27. The molecule has 0 aliphatic carbocycles. The zero-order valence-corrected chi connectivity index (χ0v) is 15.1. The van der Waals surface area contributed by atoms with Gasteiger partial charge in [-0.05, 0) is 30.9 Å². The number of fused-ring (bicyclic) bond motifs is 1. The maximum absolute atomic E-state index is 12.8. The van der Waals surface area contributed by atoms with Gasteiger partial charge < -0.3 is 19.3 Å². The van der Waals surface area contributed by atoms with Crippen molar-refractivity contribution in [1.29, 1.82) is 0 Å². The Hall–Kier alpha value is -2.44. The van der Waals surface area contributed by atoms with Crippen LogP contribution in [0.2, 0.25) is 0 Å². The molecule has 3 aliphatic rings. The highest BCUT2D eigenvalue weighted by atomic mass is 16.6. The van der Waals surface area contributed by atoms with Gasteiger partial charge in [0.2, 0.25) is 5.91 Å². The molecule has 3 aliphatic heterocycles. The van der Waals surface area contributed by atoms with Gasteiger partial charge in [0.25, 0.3) is 0 Å². The first kappa shape index (κ1) is 17.0. The van der Waals surface area contributed by atoms with Crippen LogP contribution < -0.4 is 14.4 Å². The molecule has 4 rings (SSSR count). The van der Waals surface area contributed by atoms with Crippen LogP contribution >= 0.6 is 0 Å². The second-order valence-electron chi connectivity index (χ2n) is 7.27. The minimum atomic E-state index is -0.125. The summed E-state index contributed by atoms with van der Waals surface area (Å²) in [7, 11) is 0. The zero-order chi connectivity index (χ0) is 18.1. The maximum atomic E-state index is 12.8. The van der Waals surface area contributed by atoms with E-state index in [0.717, 1.165) is 25.2 Å². The van der Waals surface area contributed by atoms with E-state index in [1.54, 1.807) is 9.80 Å². The molecule has 7 nitrogen and oxygen atoms in total. The van der Waals surface area contributed by atoms with Gasteiger partial charge in [0.15, 0.2) is 11.5 Å². The Morgan fingerprint density at radius 1 is 1.15 bits per heavy atom. The zero-order valence-electron chi connectivity index (χ0n) is 15.1. The topological polar surface area (TPSA) is 62.3 Å². The van der Waals surface area contributed by atoms with Gasteiger partial charge in [-0.3, -0.25) is 9.69 Å². The van der Waals surface area contributed by atoms with Gasteiger partial charge in [0.05, 0.1) is 0 Å². The van der Waals surface area contributed by atoms with Crippen LogP contribution in [-0.4, -0.2) is 67.7 Å². The van der Waals surface area contributed by atoms with Crippen LogP contribution in [0.1, 0.15) is 19.8 Å². The number of anilines is 1. The quantitative estimate of drug-likeness (QED) is 0.828. The molecule has 0 radical (unpaired) electrons. The fourth-order valence-corrected chi connectivity index (χ4v) is 3.85. The molecule has 0 aromatic heterocycles. The third-order valence-corrected chi connectivity index (χ3v) is 5.27. The molecule has 3 heterocycles. The number of amides is 3. The van der Waals surface area contributed by atoms with Gasteiger partial charge in [-0.25, -0.2) is 4.79 Å². The summed E-state index contributed by atoms with van der Waals surface area (Å²) in [5, 5.41) is 0. The van der Waals surface area contributed by atoms with Gasteiger partial charge in [-0.15, -0.1) is 0 Å². The summed E-state index contributed by atoms with van der Waals surface area (Å²) < 4.78 is 11.1. The van der Waals surface area contributed by atoms with Crippen LogP contribution in [0.5, 0.6) is 11.5 Å². The molecule has 1 aromatic carbocycles. The van der Waals surface area contributed by atoms with Crippen LogP contribution in [0.4, 0.5) is 10.5 Å². The van der Waals surface area contributed by atoms with Gasteiger partial charge in [0, 0.05) is 37.9 Å². The van der Waals surface area contributed by atoms with Crippen molar-refractivity contribution in [3.05, 3.63) is 18.2 Å². The second-order valence-corrected chi connectivity index (χ2v) is 7.27. The van der Waals surface area contributed by atoms with E-state index in [1.807, 2.05) is 23.1 Å². The average Bonchev–Trinajstić information content (AvgIpc) is 3.02. The first-order valence-electron chi connectivity index (χ1n) is 9.35. The maximum Gasteiger partial charge on any atom is 0.325 e. The smallest absolute Gasteiger partial charge is 0.325 e. The number of nitrogens with zero attached hydrogens (tertiary/aromatic N) is 3. The summed E-state index contributed by atoms with van der Waals surface area (Å²) in [6.07, 6.45) is 2.22. The lowest BCUT2D eigenvalue weighted by Gasteiger charge is -2.32. The molecule has 1 unspecified atom stereocenters. The lowest BCUT2D eigenvalue weighted by molar-refractivity contribution is -0.133. The van der Waals surface area contributed by atoms with Gasteiger partial charge in [-0.2, -0.15) is 0 Å². The van der Waals surface area contributed by atoms with E-state index in [1.165, 1.54) is 6.42 Å². The predicted octanol–water partition coefficient (Wildman–Crippen LogP) is 1.96. The number of likely N-dealkylation sites (tertiary alicyclic amines) is 1. The molecule has 0 spiro atoms. The molecule has 0 bridgehead atoms. The second kappa shape index (κ2) is 7.05. The minimum Gasteiger partial charge on any atom is -0.486 e. The number of ether oxygens (including phenoxy) is 2. The molecule has 1 atom stereocenters. The first-order chi connectivity index (χ1) is 12.6. The average molecular weight is 359 g/mol. The molecule has 2 saturated heterocycles. The van der Waals surface area contributed by atoms with Crippen molar-refractivity contribution in [2.24, 2.45) is 5.92 Å². The highest BCUT2D eigenvalue weighted by Gasteiger charge is 2.33. The van der Waals surface area contributed by atoms with E-state index in [-0.39, 0.29) is 18.5 Å². The van der Waals surface area contributed by atoms with Crippen molar-refractivity contribution < 1.29 is 19.1 Å². The van der Waals surface area contributed by atoms with E-state index in [9.17, 15) is 9.59 Å². The fourth-order valence-electron chi connectivity index (χ4n) is 3.85. The summed E-state index contributed by atoms with van der Waals surface area (Å²) in [6, 6.07) is 5.41. The van der Waals surface area contributed by atoms with Crippen LogP contribution in [-0.2, 0) is 4.79 Å². The monoisotopic (exact) mass is 359 g/mol. The highest BCUT2D eigenvalue weighted by Crippen LogP contribution is 2.35. The SMILES string of the molecule is CC1CCCN(C(=O)CN2CCN(c3ccc4c(c3)OCCO4)C2=O)C1. The number of piperidine rings is 1. The van der Waals surface area contributed by atoms with Crippen molar-refractivity contribution in [1.82, 2.24) is 9.80 Å². The van der Waals surface area contributed by atoms with Crippen LogP contribution in [0.3, 0.4) is 0 Å². The first-order valence-corrected chi connectivity index (χ1v) is 9.35. The molecule has 26 heavy (non-hydrogen) atoms. The van der Waals surface area contributed by atoms with Crippen molar-refractivity contribution >= 4 is 17.6 Å². The summed E-state index contributed by atoms with van der Waals surface area (Å²) in [4.78, 5) is 30.6. The molecule has 7 heteroatoms. The third kappa shape index (κ3) is 3.30. The predicted molar refractivity (Wildman–Crippen MR) is 96.7 cm³/mol. The van der Waals surface area contributed by atoms with E-state index >= 15 is 0 Å². The molecule has 1 aromatic rings. The Kier molecular flexibility index (Phi) is 4.61. The molecular weight excluding hydrogens is 334 g/mol. The number of urea groups is 1. The normalized spacial score (nSPS) is 22.7. The van der Waals surface area contributed by atoms with Crippen molar-refractivity contribution in [3.8, 4) is 11.5 Å². The minimum absolute atomic E-state index is 0.0499. The van der Waals surface area contributed by atoms with Crippen molar-refractivity contribution in [2.75, 3.05) is 50.8 Å². The van der Waals surface area contributed by atoms with E-state index in [2.05, 4.69) is 6.92 Å². The number of hydrogen-bond donors (Lipinski definition) is 0. The van der Waals surface area contributed by atoms with Gasteiger partial charge in [0.1, 0.15) is 19.8 Å². The summed E-state index contributed by atoms with van der Waals surface area (Å²) in [5.41, 5.74) is 0.779. The molecular formula is C19H25N3O4. The molecule has 3 amide bonds. The van der Waals surface area contributed by atoms with E-state index in [4.69, 9.17) is 9.47 Å². The number of benzene rings is 1. The van der Waals surface area contributed by atoms with Gasteiger partial charge in [-0.1, -0.05) is 6.92 Å². The van der Waals surface area contributed by atoms with Gasteiger partial charge >= 0.3 is 6.03 Å². The lowest BCUT2D eigenvalue weighted by atomic mass is 10.0. The van der Waals surface area contributed by atoms with Crippen molar-refractivity contribution in [3.63, 3.8) is 0 Å². The molecule has 2 fully saturated rings. The largest absolute Gasteiger partial charge is 0.486 e. The Morgan fingerprint density at radius 3 is 2.77 bits per heavy atom. The Morgan fingerprint density at radius 2 is 1.96 bits per heavy atom. The summed E-state index contributed by atoms with van der Waals surface area (Å²) in [6.45, 7) is 6.12. The Balaban J connectivity index is 1.41. The molecule has 0 saturated carbocycles. The number of rotatable bonds is 3. The van der Waals surface area contributed by atoms with Crippen LogP contribution in [0.15, 0.2) is 18.2 Å². The van der Waals surface area contributed by atoms with E-state index in [0.29, 0.717) is 43.7 Å². The molecule has 0 N–H and O–H groups in total. The number of carbonyl (C=O) groups excluding carboxylic acids is 2. The van der Waals surface area contributed by atoms with E-state index < -0.39 is 0 Å². The summed E-state index contributed by atoms with van der Waals surface area (Å²) in [5.74, 6) is 1.96. The number of carbonyl (C=O) groups is 2. The summed E-state index contributed by atoms with van der Waals surface area (Å²) >= 11 is 0. The number of hydrogen-bond acceptors (Lipinski definition) is 4. The Labute approximate surface area is 153 Å². The van der Waals surface area contributed by atoms with Crippen molar-refractivity contribution in [2.45, 2.75) is 19.8 Å².